The van der Waals surface area contributed by atoms with E-state index in [1.807, 2.05) is 0 Å². The molecular weight excluding hydrogens is 220 g/mol. The van der Waals surface area contributed by atoms with Crippen molar-refractivity contribution in [3.05, 3.63) is 22.7 Å². The zero-order chi connectivity index (χ0) is 11.3. The normalized spacial score (nSPS) is 11.3. The summed E-state index contributed by atoms with van der Waals surface area (Å²) in [6.45, 7) is 0.128. The van der Waals surface area contributed by atoms with Crippen molar-refractivity contribution in [3.8, 4) is 0 Å². The topological polar surface area (TPSA) is 104 Å². The van der Waals surface area contributed by atoms with Crippen LogP contribution in [0.2, 0.25) is 0 Å². The second kappa shape index (κ2) is 4.89. The van der Waals surface area contributed by atoms with Crippen molar-refractivity contribution >= 4 is 15.8 Å². The van der Waals surface area contributed by atoms with Crippen molar-refractivity contribution in [2.24, 2.45) is 0 Å². The first kappa shape index (κ1) is 11.7. The van der Waals surface area contributed by atoms with Crippen LogP contribution in [0.1, 0.15) is 0 Å². The molecule has 0 saturated heterocycles. The van der Waals surface area contributed by atoms with Gasteiger partial charge in [0.25, 0.3) is 5.56 Å². The first-order valence-corrected chi connectivity index (χ1v) is 5.89. The van der Waals surface area contributed by atoms with Gasteiger partial charge in [0.1, 0.15) is 0 Å². The average Bonchev–Trinajstić information content (AvgIpc) is 2.21. The van der Waals surface area contributed by atoms with E-state index in [0.29, 0.717) is 0 Å². The molecule has 1 aromatic rings. The summed E-state index contributed by atoms with van der Waals surface area (Å²) in [7, 11) is -1.92. The van der Waals surface area contributed by atoms with Gasteiger partial charge in [-0.25, -0.2) is 18.1 Å². The minimum Gasteiger partial charge on any atom is -0.364 e. The molecule has 84 valence electrons. The summed E-state index contributed by atoms with van der Waals surface area (Å²) in [6, 6.07) is 0. The highest BCUT2D eigenvalue weighted by Crippen LogP contribution is 1.90. The minimum absolute atomic E-state index is 0.112. The van der Waals surface area contributed by atoms with Gasteiger partial charge in [0.15, 0.2) is 5.82 Å². The maximum atomic E-state index is 11.1. The second-order valence-electron chi connectivity index (χ2n) is 2.72. The number of nitrogens with zero attached hydrogens (tertiary/aromatic N) is 1. The lowest BCUT2D eigenvalue weighted by Gasteiger charge is -2.04. The van der Waals surface area contributed by atoms with E-state index in [1.54, 1.807) is 0 Å². The van der Waals surface area contributed by atoms with Crippen LogP contribution in [0.15, 0.2) is 17.2 Å². The monoisotopic (exact) mass is 232 g/mol. The summed E-state index contributed by atoms with van der Waals surface area (Å²) in [4.78, 5) is 17.3. The molecule has 0 radical (unpaired) electrons. The highest BCUT2D eigenvalue weighted by molar-refractivity contribution is 7.89. The van der Waals surface area contributed by atoms with Crippen LogP contribution in [-0.2, 0) is 10.0 Å². The smallest absolute Gasteiger partial charge is 0.290 e. The van der Waals surface area contributed by atoms with Crippen molar-refractivity contribution in [2.75, 3.05) is 24.7 Å². The van der Waals surface area contributed by atoms with Crippen LogP contribution in [0.4, 0.5) is 5.82 Å². The molecule has 15 heavy (non-hydrogen) atoms. The molecule has 8 heteroatoms. The van der Waals surface area contributed by atoms with Gasteiger partial charge in [-0.05, 0) is 7.05 Å². The number of hydrogen-bond acceptors (Lipinski definition) is 5. The van der Waals surface area contributed by atoms with Crippen molar-refractivity contribution < 1.29 is 8.42 Å². The highest BCUT2D eigenvalue weighted by atomic mass is 32.2. The molecule has 0 aliphatic rings. The molecule has 3 N–H and O–H groups in total. The number of aromatic amines is 1. The van der Waals surface area contributed by atoms with Crippen LogP contribution in [-0.4, -0.2) is 37.7 Å². The quantitative estimate of drug-likeness (QED) is 0.587. The van der Waals surface area contributed by atoms with Gasteiger partial charge in [0, 0.05) is 18.9 Å². The van der Waals surface area contributed by atoms with Crippen molar-refractivity contribution in [2.45, 2.75) is 0 Å². The third kappa shape index (κ3) is 3.68. The van der Waals surface area contributed by atoms with Gasteiger partial charge >= 0.3 is 0 Å². The van der Waals surface area contributed by atoms with Gasteiger partial charge in [0.05, 0.1) is 5.75 Å². The summed E-state index contributed by atoms with van der Waals surface area (Å²) in [5.74, 6) is 0.00304. The van der Waals surface area contributed by atoms with Crippen LogP contribution in [0.5, 0.6) is 0 Å². The van der Waals surface area contributed by atoms with Gasteiger partial charge in [-0.3, -0.25) is 4.79 Å². The maximum Gasteiger partial charge on any atom is 0.290 e. The third-order valence-electron chi connectivity index (χ3n) is 1.68. The highest BCUT2D eigenvalue weighted by Gasteiger charge is 2.06. The Bertz CT molecular complexity index is 467. The zero-order valence-electron chi connectivity index (χ0n) is 8.15. The second-order valence-corrected chi connectivity index (χ2v) is 4.76. The Labute approximate surface area is 87.0 Å². The number of anilines is 1. The van der Waals surface area contributed by atoms with E-state index >= 15 is 0 Å². The van der Waals surface area contributed by atoms with Gasteiger partial charge in [0.2, 0.25) is 10.0 Å². The molecule has 1 aromatic heterocycles. The van der Waals surface area contributed by atoms with E-state index in [2.05, 4.69) is 20.0 Å². The van der Waals surface area contributed by atoms with Crippen LogP contribution in [0, 0.1) is 0 Å². The Morgan fingerprint density at radius 3 is 2.87 bits per heavy atom. The lowest BCUT2D eigenvalue weighted by atomic mass is 10.6. The minimum atomic E-state index is -3.26. The SMILES string of the molecule is CNS(=O)(=O)CCNc1ncc[nH]c1=O. The van der Waals surface area contributed by atoms with Gasteiger partial charge in [-0.1, -0.05) is 0 Å². The van der Waals surface area contributed by atoms with E-state index in [0.717, 1.165) is 0 Å². The van der Waals surface area contributed by atoms with E-state index in [4.69, 9.17) is 0 Å². The van der Waals surface area contributed by atoms with Crippen LogP contribution < -0.4 is 15.6 Å². The number of H-pyrrole nitrogens is 1. The largest absolute Gasteiger partial charge is 0.364 e. The van der Waals surface area contributed by atoms with Gasteiger partial charge < -0.3 is 10.3 Å². The Morgan fingerprint density at radius 1 is 1.53 bits per heavy atom. The number of aromatic nitrogens is 2. The van der Waals surface area contributed by atoms with Crippen LogP contribution in [0.3, 0.4) is 0 Å². The van der Waals surface area contributed by atoms with Crippen molar-refractivity contribution in [1.82, 2.24) is 14.7 Å². The molecular formula is C7H12N4O3S. The molecule has 7 nitrogen and oxygen atoms in total. The summed E-state index contributed by atoms with van der Waals surface area (Å²) in [5, 5.41) is 2.63. The number of sulfonamides is 1. The fourth-order valence-corrected chi connectivity index (χ4v) is 1.46. The lowest BCUT2D eigenvalue weighted by Crippen LogP contribution is -2.27. The molecule has 0 aliphatic heterocycles. The molecule has 0 spiro atoms. The Morgan fingerprint density at radius 2 is 2.27 bits per heavy atom. The molecule has 0 unspecified atom stereocenters. The van der Waals surface area contributed by atoms with Crippen LogP contribution >= 0.6 is 0 Å². The molecule has 1 heterocycles. The average molecular weight is 232 g/mol. The van der Waals surface area contributed by atoms with E-state index in [-0.39, 0.29) is 23.7 Å². The van der Waals surface area contributed by atoms with Gasteiger partial charge in [-0.2, -0.15) is 0 Å². The summed E-state index contributed by atoms with van der Waals surface area (Å²) in [5.41, 5.74) is -0.376. The first-order chi connectivity index (χ1) is 7.05. The fraction of sp³-hybridized carbons (Fsp3) is 0.429. The summed E-state index contributed by atoms with van der Waals surface area (Å²) >= 11 is 0. The molecule has 0 aliphatic carbocycles. The molecule has 0 saturated carbocycles. The Kier molecular flexibility index (Phi) is 3.81. The fourth-order valence-electron chi connectivity index (χ4n) is 0.884. The van der Waals surface area contributed by atoms with E-state index in [1.165, 1.54) is 19.4 Å². The van der Waals surface area contributed by atoms with Crippen molar-refractivity contribution in [3.63, 3.8) is 0 Å². The number of rotatable bonds is 5. The van der Waals surface area contributed by atoms with Gasteiger partial charge in [-0.15, -0.1) is 0 Å². The zero-order valence-corrected chi connectivity index (χ0v) is 8.97. The lowest BCUT2D eigenvalue weighted by molar-refractivity contribution is 0.588. The molecule has 0 fully saturated rings. The Hall–Kier alpha value is -1.41. The molecule has 0 aromatic carbocycles. The Balaban J connectivity index is 2.53. The standard InChI is InChI=1S/C7H12N4O3S/c1-8-15(13,14)5-4-10-6-7(12)11-3-2-9-6/h2-3,8H,4-5H2,1H3,(H,9,10)(H,11,12). The molecule has 0 amide bonds. The van der Waals surface area contributed by atoms with Crippen LogP contribution in [0.25, 0.3) is 0 Å². The maximum absolute atomic E-state index is 11.1. The molecule has 0 atom stereocenters. The summed E-state index contributed by atoms with van der Waals surface area (Å²) in [6.07, 6.45) is 2.81. The van der Waals surface area contributed by atoms with E-state index in [9.17, 15) is 13.2 Å². The van der Waals surface area contributed by atoms with E-state index < -0.39 is 10.0 Å². The third-order valence-corrected chi connectivity index (χ3v) is 3.05. The molecule has 1 rings (SSSR count). The predicted octanol–water partition coefficient (Wildman–Crippen LogP) is -1.27. The first-order valence-electron chi connectivity index (χ1n) is 4.24. The number of hydrogen-bond donors (Lipinski definition) is 3. The number of nitrogens with one attached hydrogen (secondary N) is 3. The summed E-state index contributed by atoms with van der Waals surface area (Å²) < 4.78 is 24.2. The van der Waals surface area contributed by atoms with Crippen molar-refractivity contribution in [1.29, 1.82) is 0 Å². The predicted molar refractivity (Wildman–Crippen MR) is 56.2 cm³/mol. The molecule has 0 bridgehead atoms.